The highest BCUT2D eigenvalue weighted by atomic mass is 16.5. The van der Waals surface area contributed by atoms with E-state index in [0.717, 1.165) is 37.6 Å². The highest BCUT2D eigenvalue weighted by molar-refractivity contribution is 6.45. The van der Waals surface area contributed by atoms with Crippen molar-refractivity contribution in [2.45, 2.75) is 38.5 Å². The minimum absolute atomic E-state index is 0.144. The van der Waals surface area contributed by atoms with Crippen LogP contribution in [0, 0.1) is 0 Å². The number of carbonyl (C=O) groups is 2. The summed E-state index contributed by atoms with van der Waals surface area (Å²) in [6.45, 7) is 3.09. The van der Waals surface area contributed by atoms with E-state index < -0.39 is 19.0 Å². The molecule has 1 heterocycles. The third kappa shape index (κ3) is 11.9. The van der Waals surface area contributed by atoms with E-state index in [1.165, 1.54) is 0 Å². The van der Waals surface area contributed by atoms with Gasteiger partial charge in [-0.2, -0.15) is 0 Å². The fourth-order valence-electron chi connectivity index (χ4n) is 2.61. The molecule has 0 saturated carbocycles. The molecule has 1 amide bonds. The molecule has 160 valence electrons. The lowest BCUT2D eigenvalue weighted by Crippen LogP contribution is -2.47. The Bertz CT molecular complexity index is 652. The summed E-state index contributed by atoms with van der Waals surface area (Å²) in [6, 6.07) is 7.57. The molecule has 9 heteroatoms. The molecule has 0 aromatic heterocycles. The van der Waals surface area contributed by atoms with Gasteiger partial charge in [-0.15, -0.1) is 0 Å². The lowest BCUT2D eigenvalue weighted by atomic mass is 9.77. The monoisotopic (exact) mass is 406 g/mol. The van der Waals surface area contributed by atoms with E-state index in [2.05, 4.69) is 10.6 Å². The van der Waals surface area contributed by atoms with Gasteiger partial charge in [0.1, 0.15) is 5.75 Å². The fraction of sp³-hybridized carbons (Fsp3) is 0.500. The maximum Gasteiger partial charge on any atom is 0.478 e. The number of ether oxygens (including phenoxy) is 1. The van der Waals surface area contributed by atoms with Crippen LogP contribution < -0.4 is 15.4 Å². The number of carbonyl (C=O) groups excluding carboxylic acids is 1. The zero-order valence-corrected chi connectivity index (χ0v) is 17.1. The van der Waals surface area contributed by atoms with Crippen LogP contribution in [0.2, 0.25) is 0 Å². The highest BCUT2D eigenvalue weighted by Crippen LogP contribution is 2.14. The van der Waals surface area contributed by atoms with Crippen molar-refractivity contribution in [2.75, 3.05) is 26.8 Å². The van der Waals surface area contributed by atoms with Gasteiger partial charge in [0.25, 0.3) is 5.97 Å². The van der Waals surface area contributed by atoms with Gasteiger partial charge in [0.05, 0.1) is 19.0 Å². The van der Waals surface area contributed by atoms with Gasteiger partial charge < -0.3 is 30.2 Å². The van der Waals surface area contributed by atoms with Crippen molar-refractivity contribution >= 4 is 19.0 Å². The maximum atomic E-state index is 12.2. The van der Waals surface area contributed by atoms with Crippen molar-refractivity contribution in [2.24, 2.45) is 0 Å². The maximum absolute atomic E-state index is 12.2. The number of aliphatic carboxylic acids is 1. The van der Waals surface area contributed by atoms with Crippen molar-refractivity contribution in [3.05, 3.63) is 42.0 Å². The molecule has 29 heavy (non-hydrogen) atoms. The van der Waals surface area contributed by atoms with E-state index in [0.29, 0.717) is 19.6 Å². The first-order valence-electron chi connectivity index (χ1n) is 9.72. The summed E-state index contributed by atoms with van der Waals surface area (Å²) < 4.78 is 10.9. The summed E-state index contributed by atoms with van der Waals surface area (Å²) >= 11 is 0. The van der Waals surface area contributed by atoms with E-state index in [1.54, 1.807) is 0 Å². The van der Waals surface area contributed by atoms with Crippen LogP contribution in [0.15, 0.2) is 36.4 Å². The van der Waals surface area contributed by atoms with E-state index >= 15 is 0 Å². The zero-order valence-electron chi connectivity index (χ0n) is 17.1. The first-order chi connectivity index (χ1) is 13.9. The largest absolute Gasteiger partial charge is 0.494 e. The fourth-order valence-corrected chi connectivity index (χ4v) is 2.61. The summed E-state index contributed by atoms with van der Waals surface area (Å²) in [4.78, 5) is 21.2. The van der Waals surface area contributed by atoms with Crippen LogP contribution in [-0.2, 0) is 20.7 Å². The van der Waals surface area contributed by atoms with Gasteiger partial charge in [-0.05, 0) is 50.6 Å². The predicted octanol–water partition coefficient (Wildman–Crippen LogP) is 1.18. The van der Waals surface area contributed by atoms with Crippen LogP contribution in [0.25, 0.3) is 0 Å². The van der Waals surface area contributed by atoms with Crippen LogP contribution >= 0.6 is 0 Å². The van der Waals surface area contributed by atoms with Gasteiger partial charge in [-0.25, -0.2) is 0 Å². The predicted molar refractivity (Wildman–Crippen MR) is 112 cm³/mol. The Labute approximate surface area is 172 Å². The molecule has 0 bridgehead atoms. The van der Waals surface area contributed by atoms with E-state index in [1.807, 2.05) is 43.5 Å². The van der Waals surface area contributed by atoms with Gasteiger partial charge in [0.2, 0.25) is 5.91 Å². The zero-order chi connectivity index (χ0) is 21.5. The number of carboxylic acid groups (broad SMARTS) is 1. The Morgan fingerprint density at radius 2 is 2.07 bits per heavy atom. The number of hydrogen-bond donors (Lipinski definition) is 4. The van der Waals surface area contributed by atoms with Crippen molar-refractivity contribution < 1.29 is 29.1 Å². The first-order valence-corrected chi connectivity index (χ1v) is 9.72. The van der Waals surface area contributed by atoms with E-state index in [-0.39, 0.29) is 12.3 Å². The molecule has 1 aromatic carbocycles. The van der Waals surface area contributed by atoms with Crippen LogP contribution in [0.3, 0.4) is 0 Å². The van der Waals surface area contributed by atoms with E-state index in [9.17, 15) is 9.82 Å². The third-order valence-electron chi connectivity index (χ3n) is 3.96. The molecule has 1 aliphatic heterocycles. The Kier molecular flexibility index (Phi) is 12.4. The Balaban J connectivity index is 0.000000960. The standard InChI is InChI=1S/C18H27BN2O4.C2H4O2/c1-20-10-3-5-11-24-16-8-6-7-15(13-16)14-18(22)21-17-9-2-4-12-25-19(17)23;1-2(3)4/h2,4,6-8,13,17,20,23H,3,5,9-12,14H2,1H3,(H,21,22);1H3,(H,3,4). The van der Waals surface area contributed by atoms with Crippen molar-refractivity contribution in [3.8, 4) is 5.75 Å². The number of amides is 1. The number of nitrogens with one attached hydrogen (secondary N) is 2. The molecule has 1 unspecified atom stereocenters. The summed E-state index contributed by atoms with van der Waals surface area (Å²) in [5.74, 6) is -0.623. The molecular formula is C20H31BN2O6. The minimum atomic E-state index is -0.980. The number of benzene rings is 1. The number of carboxylic acids is 1. The molecule has 1 aromatic rings. The van der Waals surface area contributed by atoms with Crippen molar-refractivity contribution in [3.63, 3.8) is 0 Å². The normalized spacial score (nSPS) is 15.7. The Morgan fingerprint density at radius 1 is 1.31 bits per heavy atom. The van der Waals surface area contributed by atoms with Crippen molar-refractivity contribution in [1.82, 2.24) is 10.6 Å². The topological polar surface area (TPSA) is 117 Å². The van der Waals surface area contributed by atoms with Gasteiger partial charge in [0.15, 0.2) is 0 Å². The summed E-state index contributed by atoms with van der Waals surface area (Å²) in [5.41, 5.74) is 0.879. The van der Waals surface area contributed by atoms with Crippen molar-refractivity contribution in [1.29, 1.82) is 0 Å². The average Bonchev–Trinajstić information content (AvgIpc) is 2.86. The molecule has 2 rings (SSSR count). The lowest BCUT2D eigenvalue weighted by molar-refractivity contribution is -0.134. The minimum Gasteiger partial charge on any atom is -0.494 e. The van der Waals surface area contributed by atoms with Crippen LogP contribution in [0.4, 0.5) is 0 Å². The molecule has 4 N–H and O–H groups in total. The quantitative estimate of drug-likeness (QED) is 0.276. The average molecular weight is 406 g/mol. The molecule has 0 fully saturated rings. The molecular weight excluding hydrogens is 375 g/mol. The molecule has 0 radical (unpaired) electrons. The SMILES string of the molecule is CC(=O)O.CNCCCCOc1cccc(CC(=O)NC2CC=CCOB2O)c1. The summed E-state index contributed by atoms with van der Waals surface area (Å²) in [5, 5.41) is 23.2. The molecule has 1 atom stereocenters. The molecule has 0 aliphatic carbocycles. The highest BCUT2D eigenvalue weighted by Gasteiger charge is 2.28. The molecule has 8 nitrogen and oxygen atoms in total. The number of hydrogen-bond acceptors (Lipinski definition) is 6. The molecule has 0 spiro atoms. The second-order valence-corrected chi connectivity index (χ2v) is 6.61. The summed E-state index contributed by atoms with van der Waals surface area (Å²) in [7, 11) is 0.956. The van der Waals surface area contributed by atoms with Gasteiger partial charge in [-0.1, -0.05) is 24.3 Å². The second-order valence-electron chi connectivity index (χ2n) is 6.61. The second kappa shape index (κ2) is 14.6. The van der Waals surface area contributed by atoms with Gasteiger partial charge in [-0.3, -0.25) is 9.59 Å². The van der Waals surface area contributed by atoms with Crippen LogP contribution in [0.1, 0.15) is 31.7 Å². The van der Waals surface area contributed by atoms with Crippen LogP contribution in [-0.4, -0.2) is 61.9 Å². The Morgan fingerprint density at radius 3 is 2.79 bits per heavy atom. The summed E-state index contributed by atoms with van der Waals surface area (Å²) in [6.07, 6.45) is 6.60. The first kappa shape index (κ1) is 24.7. The van der Waals surface area contributed by atoms with Gasteiger partial charge in [0, 0.05) is 13.5 Å². The van der Waals surface area contributed by atoms with Crippen LogP contribution in [0.5, 0.6) is 5.75 Å². The number of unbranched alkanes of at least 4 members (excludes halogenated alkanes) is 1. The lowest BCUT2D eigenvalue weighted by Gasteiger charge is -2.17. The van der Waals surface area contributed by atoms with E-state index in [4.69, 9.17) is 19.3 Å². The third-order valence-corrected chi connectivity index (χ3v) is 3.96. The molecule has 1 aliphatic rings. The smallest absolute Gasteiger partial charge is 0.478 e. The van der Waals surface area contributed by atoms with Gasteiger partial charge >= 0.3 is 7.12 Å². The Hall–Kier alpha value is -2.36. The number of rotatable bonds is 9. The molecule has 0 saturated heterocycles.